The molecule has 0 bridgehead atoms. The molecule has 1 rings (SSSR count). The fraction of sp³-hybridized carbons (Fsp3) is 0. The molecule has 5 heteroatoms. The first-order chi connectivity index (χ1) is 4.70. The standard InChI is InChI=1S/C5H3FN2O2/c6-5-3-4(8(9)10)1-2-7-5/h1-3H. The number of hydrogen-bond acceptors (Lipinski definition) is 3. The van der Waals surface area contributed by atoms with E-state index in [9.17, 15) is 14.5 Å². The summed E-state index contributed by atoms with van der Waals surface area (Å²) in [5.74, 6) is -0.839. The zero-order chi connectivity index (χ0) is 7.56. The van der Waals surface area contributed by atoms with Crippen LogP contribution in [0.5, 0.6) is 0 Å². The van der Waals surface area contributed by atoms with E-state index in [1.165, 1.54) is 0 Å². The summed E-state index contributed by atoms with van der Waals surface area (Å²) in [4.78, 5) is 12.4. The van der Waals surface area contributed by atoms with Crippen LogP contribution in [0, 0.1) is 16.1 Å². The lowest BCUT2D eigenvalue weighted by atomic mass is 10.4. The van der Waals surface area contributed by atoms with E-state index in [1.54, 1.807) is 0 Å². The van der Waals surface area contributed by atoms with Crippen LogP contribution in [-0.2, 0) is 0 Å². The number of hydrogen-bond donors (Lipinski definition) is 0. The van der Waals surface area contributed by atoms with Gasteiger partial charge < -0.3 is 0 Å². The Hall–Kier alpha value is -1.52. The van der Waals surface area contributed by atoms with Crippen molar-refractivity contribution >= 4 is 5.69 Å². The Balaban J connectivity index is 3.07. The Morgan fingerprint density at radius 3 is 2.80 bits per heavy atom. The summed E-state index contributed by atoms with van der Waals surface area (Å²) in [5.41, 5.74) is -0.285. The third kappa shape index (κ3) is 1.25. The van der Waals surface area contributed by atoms with Gasteiger partial charge in [-0.3, -0.25) is 10.1 Å². The smallest absolute Gasteiger partial charge is 0.258 e. The van der Waals surface area contributed by atoms with E-state index in [4.69, 9.17) is 0 Å². The molecule has 0 radical (unpaired) electrons. The molecule has 0 aliphatic heterocycles. The Bertz CT molecular complexity index is 264. The molecule has 1 aromatic heterocycles. The predicted molar refractivity (Wildman–Crippen MR) is 30.8 cm³/mol. The zero-order valence-corrected chi connectivity index (χ0v) is 4.82. The van der Waals surface area contributed by atoms with Gasteiger partial charge in [0.1, 0.15) is 0 Å². The topological polar surface area (TPSA) is 56.0 Å². The van der Waals surface area contributed by atoms with Crippen LogP contribution in [-0.4, -0.2) is 9.91 Å². The largest absolute Gasteiger partial charge is 0.275 e. The third-order valence-corrected chi connectivity index (χ3v) is 0.921. The highest BCUT2D eigenvalue weighted by Gasteiger charge is 2.04. The molecule has 0 spiro atoms. The lowest BCUT2D eigenvalue weighted by Gasteiger charge is -1.87. The van der Waals surface area contributed by atoms with E-state index in [2.05, 4.69) is 4.98 Å². The van der Waals surface area contributed by atoms with E-state index >= 15 is 0 Å². The Labute approximate surface area is 55.5 Å². The van der Waals surface area contributed by atoms with Crippen molar-refractivity contribution in [3.8, 4) is 0 Å². The van der Waals surface area contributed by atoms with Crippen molar-refractivity contribution in [2.45, 2.75) is 0 Å². The van der Waals surface area contributed by atoms with Gasteiger partial charge in [0.05, 0.1) is 11.0 Å². The van der Waals surface area contributed by atoms with E-state index < -0.39 is 10.9 Å². The minimum absolute atomic E-state index is 0.285. The van der Waals surface area contributed by atoms with Gasteiger partial charge in [0, 0.05) is 12.3 Å². The maximum Gasteiger partial charge on any atom is 0.275 e. The first-order valence-electron chi connectivity index (χ1n) is 2.46. The summed E-state index contributed by atoms with van der Waals surface area (Å²) in [7, 11) is 0. The molecule has 0 aromatic carbocycles. The maximum absolute atomic E-state index is 12.1. The van der Waals surface area contributed by atoms with Crippen LogP contribution in [0.1, 0.15) is 0 Å². The fourth-order valence-corrected chi connectivity index (χ4v) is 0.506. The molecule has 52 valence electrons. The summed E-state index contributed by atoms with van der Waals surface area (Å²) in [6.07, 6.45) is 1.05. The molecule has 0 aliphatic carbocycles. The Morgan fingerprint density at radius 1 is 1.70 bits per heavy atom. The van der Waals surface area contributed by atoms with Gasteiger partial charge in [0.15, 0.2) is 0 Å². The quantitative estimate of drug-likeness (QED) is 0.335. The van der Waals surface area contributed by atoms with Crippen LogP contribution in [0.3, 0.4) is 0 Å². The van der Waals surface area contributed by atoms with E-state index in [0.29, 0.717) is 0 Å². The molecular weight excluding hydrogens is 139 g/mol. The number of aromatic nitrogens is 1. The van der Waals surface area contributed by atoms with Crippen LogP contribution in [0.2, 0.25) is 0 Å². The van der Waals surface area contributed by atoms with Crippen LogP contribution in [0.25, 0.3) is 0 Å². The monoisotopic (exact) mass is 142 g/mol. The van der Waals surface area contributed by atoms with E-state index in [-0.39, 0.29) is 5.69 Å². The molecule has 1 heterocycles. The van der Waals surface area contributed by atoms with Crippen molar-refractivity contribution in [1.82, 2.24) is 4.98 Å². The third-order valence-electron chi connectivity index (χ3n) is 0.921. The zero-order valence-electron chi connectivity index (χ0n) is 4.82. The highest BCUT2D eigenvalue weighted by atomic mass is 19.1. The predicted octanol–water partition coefficient (Wildman–Crippen LogP) is 1.13. The number of nitrogens with zero attached hydrogens (tertiary/aromatic N) is 2. The van der Waals surface area contributed by atoms with Crippen molar-refractivity contribution in [2.75, 3.05) is 0 Å². The second kappa shape index (κ2) is 2.38. The molecule has 0 N–H and O–H groups in total. The minimum atomic E-state index is -0.839. The molecule has 0 amide bonds. The van der Waals surface area contributed by atoms with Crippen LogP contribution in [0.15, 0.2) is 18.3 Å². The summed E-state index contributed by atoms with van der Waals surface area (Å²) in [6.45, 7) is 0. The summed E-state index contributed by atoms with van der Waals surface area (Å²) >= 11 is 0. The van der Waals surface area contributed by atoms with Crippen molar-refractivity contribution in [3.63, 3.8) is 0 Å². The second-order valence-electron chi connectivity index (χ2n) is 1.59. The normalized spacial score (nSPS) is 9.30. The Morgan fingerprint density at radius 2 is 2.40 bits per heavy atom. The molecule has 0 fully saturated rings. The molecule has 4 nitrogen and oxygen atoms in total. The van der Waals surface area contributed by atoms with Crippen molar-refractivity contribution in [1.29, 1.82) is 0 Å². The SMILES string of the molecule is O=[N+]([O-])c1ccnc(F)c1. The number of rotatable bonds is 1. The van der Waals surface area contributed by atoms with Crippen molar-refractivity contribution in [3.05, 3.63) is 34.4 Å². The first-order valence-corrected chi connectivity index (χ1v) is 2.46. The number of halogens is 1. The Kier molecular flexibility index (Phi) is 1.57. The lowest BCUT2D eigenvalue weighted by molar-refractivity contribution is -0.385. The summed E-state index contributed by atoms with van der Waals surface area (Å²) in [6, 6.07) is 1.89. The van der Waals surface area contributed by atoms with Crippen LogP contribution < -0.4 is 0 Å². The van der Waals surface area contributed by atoms with Gasteiger partial charge in [-0.05, 0) is 0 Å². The van der Waals surface area contributed by atoms with E-state index in [1.807, 2.05) is 0 Å². The van der Waals surface area contributed by atoms with Crippen LogP contribution in [0.4, 0.5) is 10.1 Å². The van der Waals surface area contributed by atoms with Crippen LogP contribution >= 0.6 is 0 Å². The molecular formula is C5H3FN2O2. The van der Waals surface area contributed by atoms with Gasteiger partial charge in [-0.2, -0.15) is 4.39 Å². The first kappa shape index (κ1) is 6.60. The molecule has 0 saturated carbocycles. The second-order valence-corrected chi connectivity index (χ2v) is 1.59. The van der Waals surface area contributed by atoms with Crippen molar-refractivity contribution < 1.29 is 9.31 Å². The van der Waals surface area contributed by atoms with Gasteiger partial charge in [-0.25, -0.2) is 4.98 Å². The molecule has 0 aliphatic rings. The molecule has 0 atom stereocenters. The van der Waals surface area contributed by atoms with Gasteiger partial charge in [-0.15, -0.1) is 0 Å². The highest BCUT2D eigenvalue weighted by molar-refractivity contribution is 5.25. The average molecular weight is 142 g/mol. The minimum Gasteiger partial charge on any atom is -0.258 e. The maximum atomic E-state index is 12.1. The lowest BCUT2D eigenvalue weighted by Crippen LogP contribution is -1.89. The number of nitro groups is 1. The highest BCUT2D eigenvalue weighted by Crippen LogP contribution is 2.08. The molecule has 10 heavy (non-hydrogen) atoms. The van der Waals surface area contributed by atoms with Gasteiger partial charge >= 0.3 is 0 Å². The summed E-state index contributed by atoms with van der Waals surface area (Å²) in [5, 5.41) is 9.96. The van der Waals surface area contributed by atoms with E-state index in [0.717, 1.165) is 18.3 Å². The number of pyridine rings is 1. The average Bonchev–Trinajstić information content (AvgIpc) is 1.88. The van der Waals surface area contributed by atoms with Crippen molar-refractivity contribution in [2.24, 2.45) is 0 Å². The summed E-state index contributed by atoms with van der Waals surface area (Å²) < 4.78 is 12.1. The molecule has 0 saturated heterocycles. The molecule has 1 aromatic rings. The van der Waals surface area contributed by atoms with Gasteiger partial charge in [0.2, 0.25) is 5.95 Å². The molecule has 0 unspecified atom stereocenters. The van der Waals surface area contributed by atoms with Gasteiger partial charge in [-0.1, -0.05) is 0 Å². The fourth-order valence-electron chi connectivity index (χ4n) is 0.506. The van der Waals surface area contributed by atoms with Gasteiger partial charge in [0.25, 0.3) is 5.69 Å².